The first-order valence-electron chi connectivity index (χ1n) is 6.26. The zero-order valence-electron chi connectivity index (χ0n) is 11.1. The van der Waals surface area contributed by atoms with Crippen LogP contribution in [0.25, 0.3) is 0 Å². The minimum atomic E-state index is -0.939. The van der Waals surface area contributed by atoms with Gasteiger partial charge in [-0.25, -0.2) is 4.79 Å². The monoisotopic (exact) mass is 334 g/mol. The SMILES string of the molecule is O=C(O)CCCNC(=O)NCC(O)c1cc(Cl)cc(Cl)c1. The first-order chi connectivity index (χ1) is 9.88. The van der Waals surface area contributed by atoms with Crippen LogP contribution in [0.4, 0.5) is 4.79 Å². The molecule has 1 aromatic carbocycles. The average molecular weight is 335 g/mol. The summed E-state index contributed by atoms with van der Waals surface area (Å²) in [6.45, 7) is 0.235. The molecule has 0 bridgehead atoms. The number of carbonyl (C=O) groups is 2. The molecule has 0 radical (unpaired) electrons. The van der Waals surface area contributed by atoms with Gasteiger partial charge in [-0.1, -0.05) is 23.2 Å². The van der Waals surface area contributed by atoms with Crippen molar-refractivity contribution in [1.82, 2.24) is 10.6 Å². The van der Waals surface area contributed by atoms with Crippen LogP contribution in [0.3, 0.4) is 0 Å². The van der Waals surface area contributed by atoms with Crippen LogP contribution in [0.2, 0.25) is 10.0 Å². The fourth-order valence-electron chi connectivity index (χ4n) is 1.58. The summed E-state index contributed by atoms with van der Waals surface area (Å²) in [4.78, 5) is 21.7. The molecule has 2 amide bonds. The fraction of sp³-hybridized carbons (Fsp3) is 0.385. The third kappa shape index (κ3) is 7.17. The van der Waals surface area contributed by atoms with Gasteiger partial charge in [0.25, 0.3) is 0 Å². The molecule has 0 aliphatic rings. The molecule has 0 heterocycles. The second kappa shape index (κ2) is 8.71. The Kier molecular flexibility index (Phi) is 7.28. The number of halogens is 2. The van der Waals surface area contributed by atoms with E-state index >= 15 is 0 Å². The molecule has 8 heteroatoms. The Morgan fingerprint density at radius 3 is 2.33 bits per heavy atom. The van der Waals surface area contributed by atoms with Gasteiger partial charge in [-0.05, 0) is 30.2 Å². The van der Waals surface area contributed by atoms with Crippen molar-refractivity contribution < 1.29 is 19.8 Å². The van der Waals surface area contributed by atoms with Gasteiger partial charge in [-0.15, -0.1) is 0 Å². The van der Waals surface area contributed by atoms with E-state index in [1.54, 1.807) is 18.2 Å². The number of carbonyl (C=O) groups excluding carboxylic acids is 1. The van der Waals surface area contributed by atoms with E-state index < -0.39 is 18.1 Å². The molecular weight excluding hydrogens is 319 g/mol. The number of hydrogen-bond acceptors (Lipinski definition) is 3. The van der Waals surface area contributed by atoms with Crippen molar-refractivity contribution in [2.75, 3.05) is 13.1 Å². The van der Waals surface area contributed by atoms with Gasteiger partial charge in [0.2, 0.25) is 0 Å². The number of aliphatic hydroxyl groups excluding tert-OH is 1. The van der Waals surface area contributed by atoms with Crippen LogP contribution in [0, 0.1) is 0 Å². The summed E-state index contributed by atoms with van der Waals surface area (Å²) >= 11 is 11.6. The van der Waals surface area contributed by atoms with Crippen molar-refractivity contribution in [2.45, 2.75) is 18.9 Å². The van der Waals surface area contributed by atoms with Crippen molar-refractivity contribution in [3.05, 3.63) is 33.8 Å². The van der Waals surface area contributed by atoms with Gasteiger partial charge in [0.1, 0.15) is 0 Å². The predicted molar refractivity (Wildman–Crippen MR) is 79.7 cm³/mol. The smallest absolute Gasteiger partial charge is 0.314 e. The van der Waals surface area contributed by atoms with Gasteiger partial charge in [0, 0.05) is 29.6 Å². The zero-order chi connectivity index (χ0) is 15.8. The van der Waals surface area contributed by atoms with Gasteiger partial charge in [-0.2, -0.15) is 0 Å². The molecule has 0 aromatic heterocycles. The molecule has 0 aliphatic heterocycles. The summed E-state index contributed by atoms with van der Waals surface area (Å²) in [5.41, 5.74) is 0.499. The van der Waals surface area contributed by atoms with Gasteiger partial charge in [-0.3, -0.25) is 4.79 Å². The van der Waals surface area contributed by atoms with Crippen LogP contribution in [-0.2, 0) is 4.79 Å². The van der Waals surface area contributed by atoms with Gasteiger partial charge in [0.05, 0.1) is 6.10 Å². The summed E-state index contributed by atoms with van der Waals surface area (Å²) in [5, 5.41) is 24.1. The van der Waals surface area contributed by atoms with E-state index in [1.165, 1.54) is 0 Å². The molecule has 0 fully saturated rings. The van der Waals surface area contributed by atoms with Crippen molar-refractivity contribution in [2.24, 2.45) is 0 Å². The summed E-state index contributed by atoms with van der Waals surface area (Å²) in [5.74, 6) is -0.912. The highest BCUT2D eigenvalue weighted by Crippen LogP contribution is 2.23. The van der Waals surface area contributed by atoms with Crippen molar-refractivity contribution >= 4 is 35.2 Å². The number of hydrogen-bond donors (Lipinski definition) is 4. The molecule has 0 saturated heterocycles. The lowest BCUT2D eigenvalue weighted by atomic mass is 10.1. The first-order valence-corrected chi connectivity index (χ1v) is 7.01. The molecule has 21 heavy (non-hydrogen) atoms. The minimum absolute atomic E-state index is 0.0100. The lowest BCUT2D eigenvalue weighted by molar-refractivity contribution is -0.137. The molecule has 0 aliphatic carbocycles. The quantitative estimate of drug-likeness (QED) is 0.574. The van der Waals surface area contributed by atoms with Crippen molar-refractivity contribution in [1.29, 1.82) is 0 Å². The maximum Gasteiger partial charge on any atom is 0.314 e. The molecule has 0 saturated carbocycles. The Bertz CT molecular complexity index is 491. The van der Waals surface area contributed by atoms with E-state index in [9.17, 15) is 14.7 Å². The van der Waals surface area contributed by atoms with Crippen molar-refractivity contribution in [3.8, 4) is 0 Å². The summed E-state index contributed by atoms with van der Waals surface area (Å²) in [7, 11) is 0. The third-order valence-corrected chi connectivity index (χ3v) is 3.02. The minimum Gasteiger partial charge on any atom is -0.481 e. The second-order valence-corrected chi connectivity index (χ2v) is 5.23. The highest BCUT2D eigenvalue weighted by atomic mass is 35.5. The van der Waals surface area contributed by atoms with Crippen LogP contribution in [0.15, 0.2) is 18.2 Å². The van der Waals surface area contributed by atoms with Gasteiger partial charge in [0.15, 0.2) is 0 Å². The zero-order valence-corrected chi connectivity index (χ0v) is 12.6. The Labute approximate surface area is 132 Å². The van der Waals surface area contributed by atoms with Crippen LogP contribution >= 0.6 is 23.2 Å². The summed E-state index contributed by atoms with van der Waals surface area (Å²) < 4.78 is 0. The molecule has 4 N–H and O–H groups in total. The van der Waals surface area contributed by atoms with Crippen LogP contribution < -0.4 is 10.6 Å². The molecule has 6 nitrogen and oxygen atoms in total. The predicted octanol–water partition coefficient (Wildman–Crippen LogP) is 2.19. The number of rotatable bonds is 7. The number of carboxylic acid groups (broad SMARTS) is 1. The number of benzene rings is 1. The first kappa shape index (κ1) is 17.6. The molecule has 1 unspecified atom stereocenters. The molecule has 0 spiro atoms. The molecule has 1 atom stereocenters. The Morgan fingerprint density at radius 2 is 1.76 bits per heavy atom. The number of nitrogens with one attached hydrogen (secondary N) is 2. The highest BCUT2D eigenvalue weighted by molar-refractivity contribution is 6.34. The van der Waals surface area contributed by atoms with E-state index in [-0.39, 0.29) is 19.5 Å². The fourth-order valence-corrected chi connectivity index (χ4v) is 2.12. The van der Waals surface area contributed by atoms with E-state index in [4.69, 9.17) is 28.3 Å². The summed E-state index contributed by atoms with van der Waals surface area (Å²) in [6, 6.07) is 4.18. The number of carboxylic acids is 1. The maximum absolute atomic E-state index is 11.4. The van der Waals surface area contributed by atoms with Crippen LogP contribution in [0.5, 0.6) is 0 Å². The Morgan fingerprint density at radius 1 is 1.14 bits per heavy atom. The standard InChI is InChI=1S/C13H16Cl2N2O4/c14-9-4-8(5-10(15)6-9)11(18)7-17-13(21)16-3-1-2-12(19)20/h4-6,11,18H,1-3,7H2,(H,19,20)(H2,16,17,21). The normalized spacial score (nSPS) is 11.8. The average Bonchev–Trinajstić information content (AvgIpc) is 2.39. The Hall–Kier alpha value is -1.50. The lowest BCUT2D eigenvalue weighted by Gasteiger charge is -2.13. The largest absolute Gasteiger partial charge is 0.481 e. The lowest BCUT2D eigenvalue weighted by Crippen LogP contribution is -2.38. The summed E-state index contributed by atoms with van der Waals surface area (Å²) in [6.07, 6.45) is -0.606. The van der Waals surface area contributed by atoms with Crippen LogP contribution in [0.1, 0.15) is 24.5 Å². The number of amides is 2. The third-order valence-electron chi connectivity index (χ3n) is 2.58. The highest BCUT2D eigenvalue weighted by Gasteiger charge is 2.11. The number of aliphatic hydroxyl groups is 1. The maximum atomic E-state index is 11.4. The molecular formula is C13H16Cl2N2O4. The number of aliphatic carboxylic acids is 1. The van der Waals surface area contributed by atoms with Crippen molar-refractivity contribution in [3.63, 3.8) is 0 Å². The van der Waals surface area contributed by atoms with E-state index in [0.717, 1.165) is 0 Å². The topological polar surface area (TPSA) is 98.7 Å². The van der Waals surface area contributed by atoms with E-state index in [1.807, 2.05) is 0 Å². The Balaban J connectivity index is 2.33. The molecule has 1 rings (SSSR count). The number of urea groups is 1. The van der Waals surface area contributed by atoms with Crippen LogP contribution in [-0.4, -0.2) is 35.3 Å². The van der Waals surface area contributed by atoms with Gasteiger partial charge >= 0.3 is 12.0 Å². The molecule has 1 aromatic rings. The molecule has 116 valence electrons. The van der Waals surface area contributed by atoms with Gasteiger partial charge < -0.3 is 20.8 Å². The second-order valence-electron chi connectivity index (χ2n) is 4.35. The van der Waals surface area contributed by atoms with E-state index in [0.29, 0.717) is 22.0 Å². The van der Waals surface area contributed by atoms with E-state index in [2.05, 4.69) is 10.6 Å².